The lowest BCUT2D eigenvalue weighted by Gasteiger charge is -2.30. The minimum atomic E-state index is -0.789. The number of esters is 2. The Morgan fingerprint density at radius 1 is 0.435 bits per heavy atom. The SMILES string of the molecule is CC(COC(=O)c1ccc(C(=O)OCC(C)(c2ccc(O)cc2)c2ccc(O)cc2)cc1)(c1ccc(O)cc1)c1ccc(O)cc1. The van der Waals surface area contributed by atoms with E-state index < -0.39 is 22.8 Å². The Morgan fingerprint density at radius 3 is 0.870 bits per heavy atom. The molecule has 0 saturated heterocycles. The van der Waals surface area contributed by atoms with Crippen molar-refractivity contribution in [3.8, 4) is 23.0 Å². The summed E-state index contributed by atoms with van der Waals surface area (Å²) in [5.74, 6) is -0.738. The Hall–Kier alpha value is -5.76. The van der Waals surface area contributed by atoms with Gasteiger partial charge in [-0.25, -0.2) is 9.59 Å². The Bertz CT molecular complexity index is 1570. The number of carbonyl (C=O) groups excluding carboxylic acids is 2. The summed E-state index contributed by atoms with van der Waals surface area (Å²) in [6.45, 7) is 3.75. The van der Waals surface area contributed by atoms with Gasteiger partial charge in [0.1, 0.15) is 36.2 Å². The summed E-state index contributed by atoms with van der Waals surface area (Å²) in [7, 11) is 0. The van der Waals surface area contributed by atoms with Gasteiger partial charge in [-0.3, -0.25) is 0 Å². The van der Waals surface area contributed by atoms with Gasteiger partial charge >= 0.3 is 11.9 Å². The zero-order valence-corrected chi connectivity index (χ0v) is 25.4. The van der Waals surface area contributed by atoms with Gasteiger partial charge in [0.15, 0.2) is 0 Å². The van der Waals surface area contributed by atoms with Gasteiger partial charge in [0.2, 0.25) is 0 Å². The highest BCUT2D eigenvalue weighted by molar-refractivity contribution is 5.93. The molecular formula is C38H34O8. The molecule has 5 rings (SSSR count). The van der Waals surface area contributed by atoms with E-state index in [1.54, 1.807) is 97.1 Å². The molecule has 0 heterocycles. The highest BCUT2D eigenvalue weighted by atomic mass is 16.5. The topological polar surface area (TPSA) is 134 Å². The number of benzene rings is 5. The summed E-state index contributed by atoms with van der Waals surface area (Å²) < 4.78 is 11.5. The summed E-state index contributed by atoms with van der Waals surface area (Å²) in [6, 6.07) is 32.5. The van der Waals surface area contributed by atoms with E-state index in [9.17, 15) is 30.0 Å². The first-order valence-corrected chi connectivity index (χ1v) is 14.6. The third kappa shape index (κ3) is 6.81. The number of rotatable bonds is 10. The van der Waals surface area contributed by atoms with Crippen LogP contribution >= 0.6 is 0 Å². The predicted molar refractivity (Wildman–Crippen MR) is 172 cm³/mol. The van der Waals surface area contributed by atoms with E-state index in [0.717, 1.165) is 22.3 Å². The maximum Gasteiger partial charge on any atom is 0.338 e. The Morgan fingerprint density at radius 2 is 0.652 bits per heavy atom. The first-order chi connectivity index (χ1) is 22.0. The van der Waals surface area contributed by atoms with E-state index >= 15 is 0 Å². The maximum atomic E-state index is 13.1. The Kier molecular flexibility index (Phi) is 9.00. The first kappa shape index (κ1) is 31.7. The average Bonchev–Trinajstić information content (AvgIpc) is 3.07. The standard InChI is InChI=1S/C38H34O8/c1-37(27-7-15-31(39)16-8-27,28-9-17-32(40)18-10-28)23-45-35(43)25-3-5-26(6-4-25)36(44)46-24-38(2,29-11-19-33(41)20-12-29)30-13-21-34(42)22-14-30/h3-22,39-42H,23-24H2,1-2H3. The van der Waals surface area contributed by atoms with Crippen LogP contribution < -0.4 is 0 Å². The largest absolute Gasteiger partial charge is 0.508 e. The quantitative estimate of drug-likeness (QED) is 0.125. The van der Waals surface area contributed by atoms with Crippen LogP contribution in [0.25, 0.3) is 0 Å². The second-order valence-electron chi connectivity index (χ2n) is 11.6. The van der Waals surface area contributed by atoms with Crippen molar-refractivity contribution in [2.24, 2.45) is 0 Å². The van der Waals surface area contributed by atoms with Crippen molar-refractivity contribution < 1.29 is 39.5 Å². The summed E-state index contributed by atoms with van der Waals surface area (Å²) in [5, 5.41) is 39.1. The number of ether oxygens (including phenoxy) is 2. The van der Waals surface area contributed by atoms with E-state index in [1.165, 1.54) is 24.3 Å². The molecule has 0 aromatic heterocycles. The van der Waals surface area contributed by atoms with Crippen LogP contribution in [0, 0.1) is 0 Å². The molecule has 0 atom stereocenters. The molecule has 8 heteroatoms. The lowest BCUT2D eigenvalue weighted by Crippen LogP contribution is -2.31. The Labute approximate surface area is 266 Å². The molecule has 0 aliphatic carbocycles. The van der Waals surface area contributed by atoms with E-state index in [1.807, 2.05) is 13.8 Å². The smallest absolute Gasteiger partial charge is 0.338 e. The van der Waals surface area contributed by atoms with Gasteiger partial charge in [0.05, 0.1) is 22.0 Å². The van der Waals surface area contributed by atoms with Crippen LogP contribution in [0.5, 0.6) is 23.0 Å². The van der Waals surface area contributed by atoms with E-state index in [2.05, 4.69) is 0 Å². The van der Waals surface area contributed by atoms with Crippen molar-refractivity contribution in [1.82, 2.24) is 0 Å². The molecule has 0 aliphatic rings. The summed E-state index contributed by atoms with van der Waals surface area (Å²) in [6.07, 6.45) is 0. The van der Waals surface area contributed by atoms with Crippen LogP contribution in [0.3, 0.4) is 0 Å². The first-order valence-electron chi connectivity index (χ1n) is 14.6. The number of hydrogen-bond donors (Lipinski definition) is 4. The van der Waals surface area contributed by atoms with Crippen LogP contribution in [0.1, 0.15) is 56.8 Å². The van der Waals surface area contributed by atoms with Crippen LogP contribution in [0.4, 0.5) is 0 Å². The van der Waals surface area contributed by atoms with Gasteiger partial charge in [-0.05, 0) is 109 Å². The van der Waals surface area contributed by atoms with Crippen LogP contribution in [-0.2, 0) is 20.3 Å². The molecule has 0 saturated carbocycles. The lowest BCUT2D eigenvalue weighted by atomic mass is 9.77. The van der Waals surface area contributed by atoms with Crippen molar-refractivity contribution in [3.63, 3.8) is 0 Å². The van der Waals surface area contributed by atoms with Crippen molar-refractivity contribution in [2.75, 3.05) is 13.2 Å². The number of carbonyl (C=O) groups is 2. The Balaban J connectivity index is 1.29. The molecule has 46 heavy (non-hydrogen) atoms. The fourth-order valence-electron chi connectivity index (χ4n) is 5.31. The number of hydrogen-bond acceptors (Lipinski definition) is 8. The zero-order valence-electron chi connectivity index (χ0n) is 25.4. The molecule has 8 nitrogen and oxygen atoms in total. The second kappa shape index (κ2) is 13.1. The van der Waals surface area contributed by atoms with Crippen LogP contribution in [0.15, 0.2) is 121 Å². The van der Waals surface area contributed by atoms with Crippen molar-refractivity contribution in [1.29, 1.82) is 0 Å². The van der Waals surface area contributed by atoms with Gasteiger partial charge in [0.25, 0.3) is 0 Å². The van der Waals surface area contributed by atoms with Crippen molar-refractivity contribution >= 4 is 11.9 Å². The highest BCUT2D eigenvalue weighted by Gasteiger charge is 2.33. The van der Waals surface area contributed by atoms with Gasteiger partial charge in [-0.1, -0.05) is 48.5 Å². The normalized spacial score (nSPS) is 11.5. The molecule has 0 aliphatic heterocycles. The van der Waals surface area contributed by atoms with Gasteiger partial charge in [-0.15, -0.1) is 0 Å². The minimum absolute atomic E-state index is 0.0295. The third-order valence-corrected chi connectivity index (χ3v) is 8.36. The van der Waals surface area contributed by atoms with Gasteiger partial charge < -0.3 is 29.9 Å². The minimum Gasteiger partial charge on any atom is -0.508 e. The van der Waals surface area contributed by atoms with E-state index in [-0.39, 0.29) is 47.3 Å². The second-order valence-corrected chi connectivity index (χ2v) is 11.6. The number of phenols is 4. The molecule has 0 bridgehead atoms. The summed E-state index contributed by atoms with van der Waals surface area (Å²) in [5.41, 5.74) is 2.11. The fraction of sp³-hybridized carbons (Fsp3) is 0.158. The van der Waals surface area contributed by atoms with Crippen LogP contribution in [-0.4, -0.2) is 45.6 Å². The molecule has 0 fully saturated rings. The monoisotopic (exact) mass is 618 g/mol. The van der Waals surface area contributed by atoms with Crippen molar-refractivity contribution in [3.05, 3.63) is 155 Å². The third-order valence-electron chi connectivity index (χ3n) is 8.36. The zero-order chi connectivity index (χ0) is 32.9. The molecular weight excluding hydrogens is 584 g/mol. The molecule has 0 radical (unpaired) electrons. The summed E-state index contributed by atoms with van der Waals surface area (Å²) >= 11 is 0. The molecule has 0 unspecified atom stereocenters. The molecule has 5 aromatic carbocycles. The molecule has 234 valence electrons. The number of phenolic OH excluding ortho intramolecular Hbond substituents is 4. The van der Waals surface area contributed by atoms with Gasteiger partial charge in [0, 0.05) is 0 Å². The maximum absolute atomic E-state index is 13.1. The lowest BCUT2D eigenvalue weighted by molar-refractivity contribution is 0.0428. The number of aromatic hydroxyl groups is 4. The average molecular weight is 619 g/mol. The highest BCUT2D eigenvalue weighted by Crippen LogP contribution is 2.36. The fourth-order valence-corrected chi connectivity index (χ4v) is 5.31. The molecule has 0 spiro atoms. The molecule has 5 aromatic rings. The van der Waals surface area contributed by atoms with E-state index in [0.29, 0.717) is 0 Å². The van der Waals surface area contributed by atoms with E-state index in [4.69, 9.17) is 9.47 Å². The predicted octanol–water partition coefficient (Wildman–Crippen LogP) is 6.84. The van der Waals surface area contributed by atoms with Crippen LogP contribution in [0.2, 0.25) is 0 Å². The van der Waals surface area contributed by atoms with Gasteiger partial charge in [-0.2, -0.15) is 0 Å². The van der Waals surface area contributed by atoms with Crippen molar-refractivity contribution in [2.45, 2.75) is 24.7 Å². The molecule has 4 N–H and O–H groups in total. The summed E-state index contributed by atoms with van der Waals surface area (Å²) in [4.78, 5) is 26.2. The molecule has 0 amide bonds.